The van der Waals surface area contributed by atoms with E-state index in [9.17, 15) is 10.1 Å². The maximum atomic E-state index is 10.3. The lowest BCUT2D eigenvalue weighted by Crippen LogP contribution is -1.98. The third-order valence-electron chi connectivity index (χ3n) is 1.35. The molecule has 0 amide bonds. The highest BCUT2D eigenvalue weighted by Gasteiger charge is 2.11. The molecule has 0 unspecified atom stereocenters. The van der Waals surface area contributed by atoms with Crippen LogP contribution in [-0.2, 0) is 0 Å². The van der Waals surface area contributed by atoms with Crippen LogP contribution in [0.2, 0.25) is 0 Å². The first-order valence-electron chi connectivity index (χ1n) is 3.17. The summed E-state index contributed by atoms with van der Waals surface area (Å²) in [5, 5.41) is 10.3. The van der Waals surface area contributed by atoms with E-state index in [1.165, 1.54) is 18.3 Å². The van der Waals surface area contributed by atoms with Crippen LogP contribution in [0.4, 0.5) is 11.5 Å². The summed E-state index contributed by atoms with van der Waals surface area (Å²) in [5.41, 5.74) is 5.65. The topological polar surface area (TPSA) is 82.0 Å². The van der Waals surface area contributed by atoms with Gasteiger partial charge in [0, 0.05) is 12.3 Å². The Bertz CT molecular complexity index is 335. The Morgan fingerprint density at radius 1 is 1.75 bits per heavy atom. The molecule has 0 aromatic carbocycles. The van der Waals surface area contributed by atoms with Crippen LogP contribution in [0.15, 0.2) is 18.8 Å². The first-order chi connectivity index (χ1) is 5.65. The van der Waals surface area contributed by atoms with E-state index in [4.69, 9.17) is 5.73 Å². The van der Waals surface area contributed by atoms with Gasteiger partial charge >= 0.3 is 5.69 Å². The van der Waals surface area contributed by atoms with E-state index in [2.05, 4.69) is 11.6 Å². The van der Waals surface area contributed by atoms with Crippen molar-refractivity contribution in [1.82, 2.24) is 4.98 Å². The number of pyridine rings is 1. The molecule has 2 N–H and O–H groups in total. The molecule has 1 rings (SSSR count). The lowest BCUT2D eigenvalue weighted by molar-refractivity contribution is -0.384. The van der Waals surface area contributed by atoms with Crippen LogP contribution in [0, 0.1) is 10.1 Å². The van der Waals surface area contributed by atoms with Crippen molar-refractivity contribution in [2.45, 2.75) is 0 Å². The Kier molecular flexibility index (Phi) is 2.05. The number of aromatic nitrogens is 1. The van der Waals surface area contributed by atoms with Gasteiger partial charge in [-0.15, -0.1) is 0 Å². The Hall–Kier alpha value is -1.91. The summed E-state index contributed by atoms with van der Waals surface area (Å²) >= 11 is 0. The molecule has 5 heteroatoms. The van der Waals surface area contributed by atoms with Gasteiger partial charge in [-0.2, -0.15) is 0 Å². The monoisotopic (exact) mass is 165 g/mol. The Labute approximate surface area is 68.7 Å². The number of rotatable bonds is 2. The molecule has 0 atom stereocenters. The molecule has 0 aliphatic rings. The van der Waals surface area contributed by atoms with E-state index < -0.39 is 4.92 Å². The molecule has 0 saturated carbocycles. The van der Waals surface area contributed by atoms with Crippen molar-refractivity contribution in [3.8, 4) is 0 Å². The fourth-order valence-electron chi connectivity index (χ4n) is 0.737. The van der Waals surface area contributed by atoms with Gasteiger partial charge in [0.15, 0.2) is 0 Å². The maximum absolute atomic E-state index is 10.3. The van der Waals surface area contributed by atoms with Gasteiger partial charge in [-0.25, -0.2) is 4.98 Å². The standard InChI is InChI=1S/C7H7N3O2/c1-2-5-3-6(10(11)12)7(8)9-4-5/h2-4H,1H2,(H2,8,9). The average Bonchev–Trinajstić information content (AvgIpc) is 2.05. The van der Waals surface area contributed by atoms with Gasteiger partial charge < -0.3 is 5.73 Å². The molecule has 0 aliphatic carbocycles. The molecule has 0 fully saturated rings. The quantitative estimate of drug-likeness (QED) is 0.527. The van der Waals surface area contributed by atoms with Gasteiger partial charge in [-0.05, 0) is 5.56 Å². The third kappa shape index (κ3) is 1.39. The number of nitrogens with zero attached hydrogens (tertiary/aromatic N) is 2. The lowest BCUT2D eigenvalue weighted by Gasteiger charge is -1.96. The van der Waals surface area contributed by atoms with E-state index in [0.717, 1.165) is 0 Å². The van der Waals surface area contributed by atoms with Crippen molar-refractivity contribution in [1.29, 1.82) is 0 Å². The molecule has 0 radical (unpaired) electrons. The highest BCUT2D eigenvalue weighted by molar-refractivity contribution is 5.59. The first-order valence-corrected chi connectivity index (χ1v) is 3.17. The molecule has 0 saturated heterocycles. The SMILES string of the molecule is C=Cc1cnc(N)c([N+](=O)[O-])c1. The number of nitrogens with two attached hydrogens (primary N) is 1. The van der Waals surface area contributed by atoms with E-state index in [1.807, 2.05) is 0 Å². The molecule has 62 valence electrons. The van der Waals surface area contributed by atoms with Gasteiger partial charge in [0.1, 0.15) is 0 Å². The summed E-state index contributed by atoms with van der Waals surface area (Å²) in [6.45, 7) is 3.46. The number of nitro groups is 1. The summed E-state index contributed by atoms with van der Waals surface area (Å²) < 4.78 is 0. The van der Waals surface area contributed by atoms with Gasteiger partial charge in [0.2, 0.25) is 5.82 Å². The van der Waals surface area contributed by atoms with Gasteiger partial charge in [-0.1, -0.05) is 12.7 Å². The van der Waals surface area contributed by atoms with Crippen molar-refractivity contribution >= 4 is 17.6 Å². The molecule has 1 heterocycles. The number of nitrogen functional groups attached to an aromatic ring is 1. The molecule has 12 heavy (non-hydrogen) atoms. The Balaban J connectivity index is 3.25. The van der Waals surface area contributed by atoms with Crippen molar-refractivity contribution in [3.05, 3.63) is 34.5 Å². The van der Waals surface area contributed by atoms with Crippen molar-refractivity contribution in [2.24, 2.45) is 0 Å². The van der Waals surface area contributed by atoms with Crippen LogP contribution >= 0.6 is 0 Å². The molecule has 1 aromatic heterocycles. The van der Waals surface area contributed by atoms with Crippen molar-refractivity contribution < 1.29 is 4.92 Å². The minimum atomic E-state index is -0.574. The average molecular weight is 165 g/mol. The first kappa shape index (κ1) is 8.19. The predicted molar refractivity (Wildman–Crippen MR) is 45.4 cm³/mol. The van der Waals surface area contributed by atoms with E-state index >= 15 is 0 Å². The normalized spacial score (nSPS) is 9.33. The summed E-state index contributed by atoms with van der Waals surface area (Å²) in [7, 11) is 0. The number of hydrogen-bond donors (Lipinski definition) is 1. The van der Waals surface area contributed by atoms with E-state index in [1.54, 1.807) is 0 Å². The minimum absolute atomic E-state index is 0.0781. The van der Waals surface area contributed by atoms with Gasteiger partial charge in [-0.3, -0.25) is 10.1 Å². The zero-order valence-electron chi connectivity index (χ0n) is 6.23. The second-order valence-corrected chi connectivity index (χ2v) is 2.13. The van der Waals surface area contributed by atoms with Gasteiger partial charge in [0.05, 0.1) is 4.92 Å². The van der Waals surface area contributed by atoms with Crippen LogP contribution in [0.25, 0.3) is 6.08 Å². The van der Waals surface area contributed by atoms with Gasteiger partial charge in [0.25, 0.3) is 0 Å². The number of anilines is 1. The second-order valence-electron chi connectivity index (χ2n) is 2.13. The predicted octanol–water partition coefficient (Wildman–Crippen LogP) is 1.21. The summed E-state index contributed by atoms with van der Waals surface area (Å²) in [6, 6.07) is 1.33. The van der Waals surface area contributed by atoms with Crippen LogP contribution < -0.4 is 5.73 Å². The molecule has 0 spiro atoms. The molecule has 0 aliphatic heterocycles. The van der Waals surface area contributed by atoms with Crippen LogP contribution in [-0.4, -0.2) is 9.91 Å². The smallest absolute Gasteiger partial charge is 0.311 e. The zero-order chi connectivity index (χ0) is 9.14. The van der Waals surface area contributed by atoms with E-state index in [0.29, 0.717) is 5.56 Å². The fraction of sp³-hybridized carbons (Fsp3) is 0. The van der Waals surface area contributed by atoms with Crippen LogP contribution in [0.3, 0.4) is 0 Å². The summed E-state index contributed by atoms with van der Waals surface area (Å²) in [5.74, 6) is -0.0781. The molecular weight excluding hydrogens is 158 g/mol. The Morgan fingerprint density at radius 2 is 2.42 bits per heavy atom. The third-order valence-corrected chi connectivity index (χ3v) is 1.35. The molecule has 1 aromatic rings. The maximum Gasteiger partial charge on any atom is 0.311 e. The summed E-state index contributed by atoms with van der Waals surface area (Å²) in [4.78, 5) is 13.4. The second kappa shape index (κ2) is 3.00. The van der Waals surface area contributed by atoms with Crippen LogP contribution in [0.5, 0.6) is 0 Å². The van der Waals surface area contributed by atoms with E-state index in [-0.39, 0.29) is 11.5 Å². The lowest BCUT2D eigenvalue weighted by atomic mass is 10.2. The van der Waals surface area contributed by atoms with Crippen LogP contribution in [0.1, 0.15) is 5.56 Å². The highest BCUT2D eigenvalue weighted by atomic mass is 16.6. The molecule has 5 nitrogen and oxygen atoms in total. The largest absolute Gasteiger partial charge is 0.378 e. The van der Waals surface area contributed by atoms with Crippen molar-refractivity contribution in [3.63, 3.8) is 0 Å². The molecular formula is C7H7N3O2. The fourth-order valence-corrected chi connectivity index (χ4v) is 0.737. The molecule has 0 bridgehead atoms. The Morgan fingerprint density at radius 3 is 2.92 bits per heavy atom. The number of hydrogen-bond acceptors (Lipinski definition) is 4. The van der Waals surface area contributed by atoms with Crippen molar-refractivity contribution in [2.75, 3.05) is 5.73 Å². The minimum Gasteiger partial charge on any atom is -0.378 e. The zero-order valence-corrected chi connectivity index (χ0v) is 6.23. The summed E-state index contributed by atoms with van der Waals surface area (Å²) in [6.07, 6.45) is 2.90. The highest BCUT2D eigenvalue weighted by Crippen LogP contribution is 2.19.